The molecule has 1 aromatic carbocycles. The van der Waals surface area contributed by atoms with E-state index in [0.717, 1.165) is 16.8 Å². The van der Waals surface area contributed by atoms with Crippen LogP contribution in [0, 0.1) is 11.6 Å². The maximum absolute atomic E-state index is 13.6. The van der Waals surface area contributed by atoms with E-state index in [-0.39, 0.29) is 22.8 Å². The van der Waals surface area contributed by atoms with Gasteiger partial charge in [-0.05, 0) is 12.1 Å². The van der Waals surface area contributed by atoms with Gasteiger partial charge in [-0.2, -0.15) is 0 Å². The van der Waals surface area contributed by atoms with Crippen molar-refractivity contribution in [3.05, 3.63) is 46.2 Å². The van der Waals surface area contributed by atoms with Gasteiger partial charge >= 0.3 is 0 Å². The quantitative estimate of drug-likeness (QED) is 0.857. The third-order valence-corrected chi connectivity index (χ3v) is 2.54. The van der Waals surface area contributed by atoms with E-state index in [1.54, 1.807) is 0 Å². The lowest BCUT2D eigenvalue weighted by Crippen LogP contribution is -2.11. The van der Waals surface area contributed by atoms with Gasteiger partial charge in [0.25, 0.3) is 5.91 Å². The van der Waals surface area contributed by atoms with Crippen LogP contribution in [0.25, 0.3) is 0 Å². The summed E-state index contributed by atoms with van der Waals surface area (Å²) < 4.78 is 28.1. The Balaban J connectivity index is 2.33. The summed E-state index contributed by atoms with van der Waals surface area (Å²) in [4.78, 5) is 10.8. The first-order valence-corrected chi connectivity index (χ1v) is 5.19. The molecule has 2 N–H and O–H groups in total. The lowest BCUT2D eigenvalue weighted by Gasteiger charge is -2.05. The van der Waals surface area contributed by atoms with Crippen LogP contribution in [0.5, 0.6) is 0 Å². The number of rotatable bonds is 3. The van der Waals surface area contributed by atoms with Crippen LogP contribution in [0.2, 0.25) is 5.02 Å². The normalized spacial score (nSPS) is 10.6. The highest BCUT2D eigenvalue weighted by atomic mass is 35.5. The van der Waals surface area contributed by atoms with Crippen LogP contribution in [0.4, 0.5) is 8.78 Å². The number of nitrogens with zero attached hydrogens (tertiary/aromatic N) is 3. The Bertz CT molecular complexity index is 614. The van der Waals surface area contributed by atoms with Crippen molar-refractivity contribution < 1.29 is 13.6 Å². The molecular weight excluding hydrogens is 266 g/mol. The highest BCUT2D eigenvalue weighted by molar-refractivity contribution is 6.30. The monoisotopic (exact) mass is 272 g/mol. The van der Waals surface area contributed by atoms with Crippen molar-refractivity contribution >= 4 is 17.5 Å². The minimum atomic E-state index is -0.868. The van der Waals surface area contributed by atoms with Crippen molar-refractivity contribution in [3.63, 3.8) is 0 Å². The summed E-state index contributed by atoms with van der Waals surface area (Å²) in [5.41, 5.74) is 4.63. The third-order valence-electron chi connectivity index (χ3n) is 2.25. The molecule has 0 spiro atoms. The van der Waals surface area contributed by atoms with Crippen molar-refractivity contribution in [2.75, 3.05) is 0 Å². The van der Waals surface area contributed by atoms with Crippen molar-refractivity contribution in [1.82, 2.24) is 15.0 Å². The summed E-state index contributed by atoms with van der Waals surface area (Å²) >= 11 is 5.55. The Morgan fingerprint density at radius 2 is 2.17 bits per heavy atom. The minimum absolute atomic E-state index is 0.0853. The molecular formula is C10H7ClF2N4O. The van der Waals surface area contributed by atoms with E-state index in [1.807, 2.05) is 0 Å². The first kappa shape index (κ1) is 12.4. The highest BCUT2D eigenvalue weighted by Crippen LogP contribution is 2.21. The standard InChI is InChI=1S/C10H7ClF2N4O/c11-6-1-2-7(12)5(9(6)13)3-17-4-8(10(14)18)15-16-17/h1-2,4H,3H2,(H2,14,18). The van der Waals surface area contributed by atoms with Crippen LogP contribution in [0.15, 0.2) is 18.3 Å². The molecule has 5 nitrogen and oxygen atoms in total. The fraction of sp³-hybridized carbons (Fsp3) is 0.100. The molecule has 1 aromatic heterocycles. The van der Waals surface area contributed by atoms with Crippen molar-refractivity contribution in [2.45, 2.75) is 6.54 Å². The second kappa shape index (κ2) is 4.69. The van der Waals surface area contributed by atoms with Crippen LogP contribution in [-0.2, 0) is 6.54 Å². The minimum Gasteiger partial charge on any atom is -0.364 e. The van der Waals surface area contributed by atoms with E-state index in [0.29, 0.717) is 0 Å². The summed E-state index contributed by atoms with van der Waals surface area (Å²) in [6.07, 6.45) is 1.20. The van der Waals surface area contributed by atoms with Gasteiger partial charge in [-0.1, -0.05) is 16.8 Å². The number of hydrogen-bond donors (Lipinski definition) is 1. The highest BCUT2D eigenvalue weighted by Gasteiger charge is 2.14. The Kier molecular flexibility index (Phi) is 3.24. The number of aromatic nitrogens is 3. The number of amides is 1. The number of halogens is 3. The average Bonchev–Trinajstić information content (AvgIpc) is 2.78. The molecule has 0 atom stereocenters. The van der Waals surface area contributed by atoms with Crippen LogP contribution in [-0.4, -0.2) is 20.9 Å². The number of carbonyl (C=O) groups is 1. The van der Waals surface area contributed by atoms with Crippen molar-refractivity contribution in [1.29, 1.82) is 0 Å². The van der Waals surface area contributed by atoms with E-state index in [4.69, 9.17) is 17.3 Å². The summed E-state index contributed by atoms with van der Waals surface area (Å²) in [5.74, 6) is -2.39. The molecule has 0 saturated carbocycles. The molecule has 94 valence electrons. The van der Waals surface area contributed by atoms with Crippen molar-refractivity contribution in [2.24, 2.45) is 5.73 Å². The maximum atomic E-state index is 13.6. The lowest BCUT2D eigenvalue weighted by molar-refractivity contribution is 0.0995. The summed E-state index contributed by atoms with van der Waals surface area (Å²) in [6.45, 7) is -0.238. The van der Waals surface area contributed by atoms with Gasteiger partial charge < -0.3 is 5.73 Å². The molecule has 1 heterocycles. The number of hydrogen-bond acceptors (Lipinski definition) is 3. The second-order valence-corrected chi connectivity index (χ2v) is 3.89. The topological polar surface area (TPSA) is 73.8 Å². The smallest absolute Gasteiger partial charge is 0.270 e. The molecule has 0 aliphatic rings. The van der Waals surface area contributed by atoms with Gasteiger partial charge in [-0.25, -0.2) is 13.5 Å². The van der Waals surface area contributed by atoms with Gasteiger partial charge in [0.15, 0.2) is 5.69 Å². The first-order valence-electron chi connectivity index (χ1n) is 4.81. The SMILES string of the molecule is NC(=O)c1cn(Cc2c(F)ccc(Cl)c2F)nn1. The molecule has 18 heavy (non-hydrogen) atoms. The fourth-order valence-corrected chi connectivity index (χ4v) is 1.54. The number of primary amides is 1. The predicted molar refractivity (Wildman–Crippen MR) is 59.0 cm³/mol. The summed E-state index contributed by atoms with van der Waals surface area (Å²) in [5, 5.41) is 6.80. The molecule has 0 radical (unpaired) electrons. The fourth-order valence-electron chi connectivity index (χ4n) is 1.36. The van der Waals surface area contributed by atoms with Crippen LogP contribution in [0.1, 0.15) is 16.1 Å². The number of carbonyl (C=O) groups excluding carboxylic acids is 1. The van der Waals surface area contributed by atoms with Gasteiger partial charge in [-0.3, -0.25) is 4.79 Å². The molecule has 8 heteroatoms. The van der Waals surface area contributed by atoms with E-state index < -0.39 is 17.5 Å². The molecule has 0 aliphatic carbocycles. The molecule has 1 amide bonds. The average molecular weight is 273 g/mol. The zero-order chi connectivity index (χ0) is 13.3. The first-order chi connectivity index (χ1) is 8.49. The Labute approximate surface area is 105 Å². The molecule has 2 rings (SSSR count). The predicted octanol–water partition coefficient (Wildman–Crippen LogP) is 1.36. The van der Waals surface area contributed by atoms with Gasteiger partial charge in [0, 0.05) is 5.56 Å². The second-order valence-electron chi connectivity index (χ2n) is 3.49. The Morgan fingerprint density at radius 1 is 1.44 bits per heavy atom. The largest absolute Gasteiger partial charge is 0.364 e. The van der Waals surface area contributed by atoms with Crippen LogP contribution >= 0.6 is 11.6 Å². The van der Waals surface area contributed by atoms with Gasteiger partial charge in [0.05, 0.1) is 17.8 Å². The van der Waals surface area contributed by atoms with Crippen LogP contribution in [0.3, 0.4) is 0 Å². The van der Waals surface area contributed by atoms with E-state index in [9.17, 15) is 13.6 Å². The van der Waals surface area contributed by atoms with E-state index >= 15 is 0 Å². The zero-order valence-corrected chi connectivity index (χ0v) is 9.66. The summed E-state index contributed by atoms with van der Waals surface area (Å²) in [7, 11) is 0. The number of benzene rings is 1. The number of nitrogens with two attached hydrogens (primary N) is 1. The van der Waals surface area contributed by atoms with Gasteiger partial charge in [0.2, 0.25) is 0 Å². The Hall–Kier alpha value is -2.02. The third kappa shape index (κ3) is 2.30. The molecule has 0 fully saturated rings. The van der Waals surface area contributed by atoms with Gasteiger partial charge in [0.1, 0.15) is 11.6 Å². The van der Waals surface area contributed by atoms with E-state index in [1.165, 1.54) is 6.20 Å². The van der Waals surface area contributed by atoms with Crippen molar-refractivity contribution in [3.8, 4) is 0 Å². The molecule has 2 aromatic rings. The maximum Gasteiger partial charge on any atom is 0.270 e. The lowest BCUT2D eigenvalue weighted by atomic mass is 10.2. The van der Waals surface area contributed by atoms with Crippen LogP contribution < -0.4 is 5.73 Å². The van der Waals surface area contributed by atoms with E-state index in [2.05, 4.69) is 10.3 Å². The summed E-state index contributed by atoms with van der Waals surface area (Å²) in [6, 6.07) is 2.17. The van der Waals surface area contributed by atoms with Gasteiger partial charge in [-0.15, -0.1) is 5.10 Å². The zero-order valence-electron chi connectivity index (χ0n) is 8.90. The molecule has 0 aliphatic heterocycles. The molecule has 0 unspecified atom stereocenters. The molecule has 0 saturated heterocycles. The molecule has 0 bridgehead atoms. The Morgan fingerprint density at radius 3 is 2.78 bits per heavy atom.